The number of carbonyl (C=O) groups is 2. The molecule has 2 aromatic heterocycles. The van der Waals surface area contributed by atoms with Crippen molar-refractivity contribution in [2.75, 3.05) is 7.11 Å². The Bertz CT molecular complexity index is 680. The maximum Gasteiger partial charge on any atom is 0.341 e. The minimum absolute atomic E-state index is 0.0802. The standard InChI is InChI=1S/C14H12BrNO5/c1-8-12(14(18)19-2)4-11(21-8)7-20-13(17)9-3-10(15)6-16-5-9/h3-6H,7H2,1-2H3. The van der Waals surface area contributed by atoms with Gasteiger partial charge in [0.2, 0.25) is 0 Å². The number of aryl methyl sites for hydroxylation is 1. The first-order valence-corrected chi connectivity index (χ1v) is 6.76. The molecule has 110 valence electrons. The number of ether oxygens (including phenoxy) is 2. The van der Waals surface area contributed by atoms with Gasteiger partial charge in [0.25, 0.3) is 0 Å². The molecule has 0 N–H and O–H groups in total. The van der Waals surface area contributed by atoms with E-state index in [4.69, 9.17) is 9.15 Å². The van der Waals surface area contributed by atoms with Crippen LogP contribution in [0.5, 0.6) is 0 Å². The average molecular weight is 354 g/mol. The molecule has 2 aromatic rings. The number of hydrogen-bond acceptors (Lipinski definition) is 6. The van der Waals surface area contributed by atoms with Crippen LogP contribution in [-0.4, -0.2) is 24.0 Å². The lowest BCUT2D eigenvalue weighted by molar-refractivity contribution is 0.0443. The summed E-state index contributed by atoms with van der Waals surface area (Å²) in [6.45, 7) is 1.55. The van der Waals surface area contributed by atoms with Gasteiger partial charge < -0.3 is 13.9 Å². The minimum Gasteiger partial charge on any atom is -0.465 e. The van der Waals surface area contributed by atoms with Crippen LogP contribution in [0.15, 0.2) is 33.4 Å². The van der Waals surface area contributed by atoms with E-state index in [1.807, 2.05) is 0 Å². The normalized spacial score (nSPS) is 10.2. The van der Waals surface area contributed by atoms with Crippen LogP contribution in [0.2, 0.25) is 0 Å². The summed E-state index contributed by atoms with van der Waals surface area (Å²) < 4.78 is 15.7. The average Bonchev–Trinajstić information content (AvgIpc) is 2.85. The zero-order chi connectivity index (χ0) is 15.4. The summed E-state index contributed by atoms with van der Waals surface area (Å²) in [4.78, 5) is 27.2. The number of carbonyl (C=O) groups excluding carboxylic acids is 2. The SMILES string of the molecule is COC(=O)c1cc(COC(=O)c2cncc(Br)c2)oc1C. The lowest BCUT2D eigenvalue weighted by Gasteiger charge is -2.02. The van der Waals surface area contributed by atoms with E-state index >= 15 is 0 Å². The van der Waals surface area contributed by atoms with Crippen molar-refractivity contribution in [3.05, 3.63) is 51.6 Å². The fraction of sp³-hybridized carbons (Fsp3) is 0.214. The molecule has 0 spiro atoms. The first kappa shape index (κ1) is 15.2. The highest BCUT2D eigenvalue weighted by Gasteiger charge is 2.16. The van der Waals surface area contributed by atoms with E-state index in [0.717, 1.165) is 0 Å². The Kier molecular flexibility index (Phi) is 4.74. The fourth-order valence-electron chi connectivity index (χ4n) is 1.67. The van der Waals surface area contributed by atoms with Crippen molar-refractivity contribution in [2.45, 2.75) is 13.5 Å². The largest absolute Gasteiger partial charge is 0.465 e. The maximum atomic E-state index is 11.8. The maximum absolute atomic E-state index is 11.8. The van der Waals surface area contributed by atoms with Crippen LogP contribution in [0, 0.1) is 6.92 Å². The van der Waals surface area contributed by atoms with Gasteiger partial charge in [0, 0.05) is 16.9 Å². The molecule has 7 heteroatoms. The predicted molar refractivity (Wildman–Crippen MR) is 75.8 cm³/mol. The van der Waals surface area contributed by atoms with Crippen molar-refractivity contribution in [3.8, 4) is 0 Å². The van der Waals surface area contributed by atoms with Crippen molar-refractivity contribution < 1.29 is 23.5 Å². The third-order valence-corrected chi connectivity index (χ3v) is 3.09. The molecule has 0 aliphatic heterocycles. The van der Waals surface area contributed by atoms with E-state index < -0.39 is 11.9 Å². The molecular weight excluding hydrogens is 342 g/mol. The molecule has 0 aromatic carbocycles. The molecule has 0 radical (unpaired) electrons. The van der Waals surface area contributed by atoms with Crippen molar-refractivity contribution in [3.63, 3.8) is 0 Å². The van der Waals surface area contributed by atoms with Crippen LogP contribution < -0.4 is 0 Å². The number of rotatable bonds is 4. The summed E-state index contributed by atoms with van der Waals surface area (Å²) in [5.74, 6) is -0.247. The molecule has 0 fully saturated rings. The van der Waals surface area contributed by atoms with Crippen LogP contribution in [0.25, 0.3) is 0 Å². The van der Waals surface area contributed by atoms with E-state index in [-0.39, 0.29) is 6.61 Å². The van der Waals surface area contributed by atoms with E-state index in [2.05, 4.69) is 25.7 Å². The zero-order valence-electron chi connectivity index (χ0n) is 11.4. The highest BCUT2D eigenvalue weighted by Crippen LogP contribution is 2.17. The van der Waals surface area contributed by atoms with Gasteiger partial charge in [-0.2, -0.15) is 0 Å². The van der Waals surface area contributed by atoms with Crippen LogP contribution in [0.4, 0.5) is 0 Å². The van der Waals surface area contributed by atoms with Crippen molar-refractivity contribution in [1.82, 2.24) is 4.98 Å². The fourth-order valence-corrected chi connectivity index (χ4v) is 2.04. The van der Waals surface area contributed by atoms with E-state index in [1.165, 1.54) is 19.4 Å². The number of esters is 2. The van der Waals surface area contributed by atoms with Crippen molar-refractivity contribution in [1.29, 1.82) is 0 Å². The van der Waals surface area contributed by atoms with Gasteiger partial charge in [0.15, 0.2) is 0 Å². The lowest BCUT2D eigenvalue weighted by Crippen LogP contribution is -2.05. The van der Waals surface area contributed by atoms with E-state index in [1.54, 1.807) is 19.2 Å². The predicted octanol–water partition coefficient (Wildman–Crippen LogP) is 2.89. The molecule has 0 saturated carbocycles. The second-order valence-electron chi connectivity index (χ2n) is 4.14. The molecule has 0 amide bonds. The quantitative estimate of drug-likeness (QED) is 0.786. The second kappa shape index (κ2) is 6.53. The van der Waals surface area contributed by atoms with Gasteiger partial charge in [0.1, 0.15) is 23.7 Å². The summed E-state index contributed by atoms with van der Waals surface area (Å²) in [7, 11) is 1.29. The number of methoxy groups -OCH3 is 1. The zero-order valence-corrected chi connectivity index (χ0v) is 13.0. The number of aromatic nitrogens is 1. The Morgan fingerprint density at radius 1 is 1.29 bits per heavy atom. The lowest BCUT2D eigenvalue weighted by atomic mass is 10.2. The molecule has 0 aliphatic carbocycles. The summed E-state index contributed by atoms with van der Waals surface area (Å²) in [5, 5.41) is 0. The Labute approximate surface area is 129 Å². The van der Waals surface area contributed by atoms with Crippen LogP contribution in [0.1, 0.15) is 32.2 Å². The molecule has 0 saturated heterocycles. The third-order valence-electron chi connectivity index (χ3n) is 2.66. The van der Waals surface area contributed by atoms with Gasteiger partial charge in [0.05, 0.1) is 12.7 Å². The molecule has 21 heavy (non-hydrogen) atoms. The number of nitrogens with zero attached hydrogens (tertiary/aromatic N) is 1. The smallest absolute Gasteiger partial charge is 0.341 e. The number of hydrogen-bond donors (Lipinski definition) is 0. The number of halogens is 1. The third kappa shape index (κ3) is 3.69. The second-order valence-corrected chi connectivity index (χ2v) is 5.06. The highest BCUT2D eigenvalue weighted by atomic mass is 79.9. The van der Waals surface area contributed by atoms with E-state index in [0.29, 0.717) is 27.1 Å². The molecule has 6 nitrogen and oxygen atoms in total. The first-order valence-electron chi connectivity index (χ1n) is 5.96. The molecule has 0 atom stereocenters. The summed E-state index contributed by atoms with van der Waals surface area (Å²) >= 11 is 3.22. The molecule has 2 heterocycles. The Balaban J connectivity index is 2.03. The Morgan fingerprint density at radius 3 is 2.71 bits per heavy atom. The highest BCUT2D eigenvalue weighted by molar-refractivity contribution is 9.10. The Morgan fingerprint density at radius 2 is 2.05 bits per heavy atom. The first-order chi connectivity index (χ1) is 10.0. The number of pyridine rings is 1. The minimum atomic E-state index is -0.530. The molecule has 0 aliphatic rings. The van der Waals surface area contributed by atoms with Gasteiger partial charge in [-0.05, 0) is 35.0 Å². The molecule has 0 bridgehead atoms. The van der Waals surface area contributed by atoms with Crippen LogP contribution in [0.3, 0.4) is 0 Å². The Hall–Kier alpha value is -2.15. The summed E-state index contributed by atoms with van der Waals surface area (Å²) in [6, 6.07) is 3.09. The molecular formula is C14H12BrNO5. The monoisotopic (exact) mass is 353 g/mol. The molecule has 2 rings (SSSR count). The molecule has 0 unspecified atom stereocenters. The van der Waals surface area contributed by atoms with Gasteiger partial charge in [-0.25, -0.2) is 9.59 Å². The van der Waals surface area contributed by atoms with Crippen LogP contribution in [-0.2, 0) is 16.1 Å². The van der Waals surface area contributed by atoms with E-state index in [9.17, 15) is 9.59 Å². The van der Waals surface area contributed by atoms with Gasteiger partial charge in [-0.1, -0.05) is 0 Å². The summed E-state index contributed by atoms with van der Waals surface area (Å²) in [6.07, 6.45) is 2.97. The van der Waals surface area contributed by atoms with Crippen molar-refractivity contribution in [2.24, 2.45) is 0 Å². The van der Waals surface area contributed by atoms with Crippen LogP contribution >= 0.6 is 15.9 Å². The van der Waals surface area contributed by atoms with Gasteiger partial charge in [-0.3, -0.25) is 4.98 Å². The summed E-state index contributed by atoms with van der Waals surface area (Å²) in [5.41, 5.74) is 0.633. The number of furan rings is 1. The van der Waals surface area contributed by atoms with Gasteiger partial charge in [-0.15, -0.1) is 0 Å². The topological polar surface area (TPSA) is 78.6 Å². The van der Waals surface area contributed by atoms with Gasteiger partial charge >= 0.3 is 11.9 Å². The van der Waals surface area contributed by atoms with Crippen molar-refractivity contribution >= 4 is 27.9 Å².